The van der Waals surface area contributed by atoms with Crippen LogP contribution in [0.4, 0.5) is 0 Å². The molecule has 4 rings (SSSR count). The number of aryl methyl sites for hydroxylation is 1. The maximum atomic E-state index is 12.4. The molecule has 3 fully saturated rings. The summed E-state index contributed by atoms with van der Waals surface area (Å²) in [6.45, 7) is 8.54. The van der Waals surface area contributed by atoms with Gasteiger partial charge in [0.15, 0.2) is 0 Å². The molecule has 1 aromatic heterocycles. The normalized spacial score (nSPS) is 27.3. The van der Waals surface area contributed by atoms with Crippen molar-refractivity contribution < 1.29 is 14.3 Å². The maximum Gasteiger partial charge on any atom is 0.274 e. The van der Waals surface area contributed by atoms with Gasteiger partial charge in [-0.2, -0.15) is 5.10 Å². The van der Waals surface area contributed by atoms with Crippen molar-refractivity contribution in [2.45, 2.75) is 31.5 Å². The van der Waals surface area contributed by atoms with E-state index < -0.39 is 0 Å². The Hall–Kier alpha value is -1.44. The Kier molecular flexibility index (Phi) is 3.87. The summed E-state index contributed by atoms with van der Waals surface area (Å²) in [7, 11) is 0. The van der Waals surface area contributed by atoms with Crippen LogP contribution < -0.4 is 0 Å². The predicted octanol–water partition coefficient (Wildman–Crippen LogP) is 0.219. The Balaban J connectivity index is 1.33. The number of aromatic nitrogens is 2. The van der Waals surface area contributed by atoms with Crippen LogP contribution in [0.5, 0.6) is 0 Å². The van der Waals surface area contributed by atoms with Gasteiger partial charge in [0.25, 0.3) is 5.91 Å². The second kappa shape index (κ2) is 5.89. The standard InChI is InChI=1S/C16H24N4O3/c1-2-20-4-3-14(17-20)15(21)19-11-16(12-19)9-13(10-23-16)18-5-7-22-8-6-18/h3-4,13H,2,5-12H2,1H3/t13-/m0/s1. The van der Waals surface area contributed by atoms with Crippen LogP contribution in [0, 0.1) is 0 Å². The van der Waals surface area contributed by atoms with Gasteiger partial charge in [-0.15, -0.1) is 0 Å². The number of likely N-dealkylation sites (tertiary alicyclic amines) is 1. The van der Waals surface area contributed by atoms with E-state index in [9.17, 15) is 4.79 Å². The highest BCUT2D eigenvalue weighted by Gasteiger charge is 2.52. The molecule has 0 unspecified atom stereocenters. The lowest BCUT2D eigenvalue weighted by Gasteiger charge is -2.47. The van der Waals surface area contributed by atoms with E-state index in [4.69, 9.17) is 9.47 Å². The Morgan fingerprint density at radius 3 is 2.87 bits per heavy atom. The molecule has 126 valence electrons. The van der Waals surface area contributed by atoms with Crippen molar-refractivity contribution in [3.8, 4) is 0 Å². The van der Waals surface area contributed by atoms with Crippen molar-refractivity contribution in [1.29, 1.82) is 0 Å². The summed E-state index contributed by atoms with van der Waals surface area (Å²) in [5.41, 5.74) is 0.399. The SMILES string of the molecule is CCn1ccc(C(=O)N2CC3(C[C@H](N4CCOCC4)CO3)C2)n1. The molecule has 1 spiro atoms. The summed E-state index contributed by atoms with van der Waals surface area (Å²) in [5.74, 6) is 0.0150. The molecular formula is C16H24N4O3. The molecule has 0 radical (unpaired) electrons. The van der Waals surface area contributed by atoms with E-state index in [1.165, 1.54) is 0 Å². The topological polar surface area (TPSA) is 59.8 Å². The Bertz CT molecular complexity index is 576. The van der Waals surface area contributed by atoms with E-state index in [0.717, 1.165) is 45.9 Å². The highest BCUT2D eigenvalue weighted by Crippen LogP contribution is 2.37. The van der Waals surface area contributed by atoms with Crippen molar-refractivity contribution in [3.05, 3.63) is 18.0 Å². The van der Waals surface area contributed by atoms with Crippen LogP contribution in [-0.2, 0) is 16.0 Å². The van der Waals surface area contributed by atoms with Crippen molar-refractivity contribution in [3.63, 3.8) is 0 Å². The monoisotopic (exact) mass is 320 g/mol. The second-order valence-electron chi connectivity index (χ2n) is 6.72. The van der Waals surface area contributed by atoms with Crippen LogP contribution in [0.3, 0.4) is 0 Å². The summed E-state index contributed by atoms with van der Waals surface area (Å²) in [6, 6.07) is 2.26. The lowest BCUT2D eigenvalue weighted by atomic mass is 9.88. The van der Waals surface area contributed by atoms with Gasteiger partial charge in [0.1, 0.15) is 11.3 Å². The summed E-state index contributed by atoms with van der Waals surface area (Å²) in [4.78, 5) is 16.8. The third-order valence-electron chi connectivity index (χ3n) is 5.18. The van der Waals surface area contributed by atoms with Crippen LogP contribution >= 0.6 is 0 Å². The van der Waals surface area contributed by atoms with E-state index in [1.54, 1.807) is 10.7 Å². The molecule has 1 atom stereocenters. The van der Waals surface area contributed by atoms with Gasteiger partial charge in [0, 0.05) is 31.9 Å². The molecule has 0 bridgehead atoms. The minimum Gasteiger partial charge on any atom is -0.379 e. The van der Waals surface area contributed by atoms with Crippen LogP contribution in [-0.4, -0.2) is 83.1 Å². The first-order valence-electron chi connectivity index (χ1n) is 8.48. The van der Waals surface area contributed by atoms with E-state index in [-0.39, 0.29) is 11.5 Å². The fourth-order valence-electron chi connectivity index (χ4n) is 3.82. The van der Waals surface area contributed by atoms with Crippen LogP contribution in [0.15, 0.2) is 12.3 Å². The molecule has 1 amide bonds. The number of carbonyl (C=O) groups excluding carboxylic acids is 1. The van der Waals surface area contributed by atoms with E-state index in [1.807, 2.05) is 18.0 Å². The number of rotatable bonds is 3. The van der Waals surface area contributed by atoms with Crippen LogP contribution in [0.25, 0.3) is 0 Å². The van der Waals surface area contributed by atoms with Crippen molar-refractivity contribution in [1.82, 2.24) is 19.6 Å². The average Bonchev–Trinajstić information content (AvgIpc) is 3.21. The number of hydrogen-bond acceptors (Lipinski definition) is 5. The molecule has 7 heteroatoms. The van der Waals surface area contributed by atoms with Crippen molar-refractivity contribution >= 4 is 5.91 Å². The zero-order valence-electron chi connectivity index (χ0n) is 13.6. The molecular weight excluding hydrogens is 296 g/mol. The maximum absolute atomic E-state index is 12.4. The van der Waals surface area contributed by atoms with E-state index in [0.29, 0.717) is 24.8 Å². The summed E-state index contributed by atoms with van der Waals surface area (Å²) in [5, 5.41) is 4.30. The van der Waals surface area contributed by atoms with Gasteiger partial charge in [0.05, 0.1) is 32.9 Å². The van der Waals surface area contributed by atoms with Gasteiger partial charge in [0.2, 0.25) is 0 Å². The van der Waals surface area contributed by atoms with E-state index in [2.05, 4.69) is 10.00 Å². The third-order valence-corrected chi connectivity index (χ3v) is 5.18. The molecule has 4 heterocycles. The number of carbonyl (C=O) groups is 1. The van der Waals surface area contributed by atoms with Gasteiger partial charge in [-0.3, -0.25) is 14.4 Å². The minimum atomic E-state index is -0.133. The number of morpholine rings is 1. The van der Waals surface area contributed by atoms with Gasteiger partial charge < -0.3 is 14.4 Å². The smallest absolute Gasteiger partial charge is 0.274 e. The van der Waals surface area contributed by atoms with Crippen molar-refractivity contribution in [2.24, 2.45) is 0 Å². The van der Waals surface area contributed by atoms with Crippen molar-refractivity contribution in [2.75, 3.05) is 46.0 Å². The fraction of sp³-hybridized carbons (Fsp3) is 0.750. The predicted molar refractivity (Wildman–Crippen MR) is 83.3 cm³/mol. The Morgan fingerprint density at radius 1 is 1.39 bits per heavy atom. The quantitative estimate of drug-likeness (QED) is 0.797. The number of hydrogen-bond donors (Lipinski definition) is 0. The first-order chi connectivity index (χ1) is 11.2. The lowest BCUT2D eigenvalue weighted by Crippen LogP contribution is -2.63. The van der Waals surface area contributed by atoms with Gasteiger partial charge in [-0.25, -0.2) is 0 Å². The van der Waals surface area contributed by atoms with Gasteiger partial charge >= 0.3 is 0 Å². The highest BCUT2D eigenvalue weighted by atomic mass is 16.5. The van der Waals surface area contributed by atoms with Gasteiger partial charge in [-0.05, 0) is 19.4 Å². The second-order valence-corrected chi connectivity index (χ2v) is 6.72. The lowest BCUT2D eigenvalue weighted by molar-refractivity contribution is -0.0953. The first-order valence-corrected chi connectivity index (χ1v) is 8.48. The average molecular weight is 320 g/mol. The Morgan fingerprint density at radius 2 is 2.17 bits per heavy atom. The molecule has 3 aliphatic rings. The zero-order chi connectivity index (χ0) is 15.9. The third kappa shape index (κ3) is 2.77. The molecule has 1 aromatic rings. The molecule has 3 aliphatic heterocycles. The number of nitrogens with zero attached hydrogens (tertiary/aromatic N) is 4. The molecule has 23 heavy (non-hydrogen) atoms. The zero-order valence-corrected chi connectivity index (χ0v) is 13.6. The molecule has 0 aromatic carbocycles. The Labute approximate surface area is 136 Å². The molecule has 0 N–H and O–H groups in total. The van der Waals surface area contributed by atoms with E-state index >= 15 is 0 Å². The van der Waals surface area contributed by atoms with Crippen LogP contribution in [0.1, 0.15) is 23.8 Å². The molecule has 7 nitrogen and oxygen atoms in total. The van der Waals surface area contributed by atoms with Gasteiger partial charge in [-0.1, -0.05) is 0 Å². The highest BCUT2D eigenvalue weighted by molar-refractivity contribution is 5.93. The summed E-state index contributed by atoms with van der Waals surface area (Å²) >= 11 is 0. The number of amides is 1. The fourth-order valence-corrected chi connectivity index (χ4v) is 3.82. The molecule has 0 saturated carbocycles. The summed E-state index contributed by atoms with van der Waals surface area (Å²) in [6.07, 6.45) is 2.86. The molecule has 0 aliphatic carbocycles. The molecule has 3 saturated heterocycles. The summed E-state index contributed by atoms with van der Waals surface area (Å²) < 4.78 is 13.3. The van der Waals surface area contributed by atoms with Crippen LogP contribution in [0.2, 0.25) is 0 Å². The minimum absolute atomic E-state index is 0.0150. The first kappa shape index (κ1) is 15.1. The largest absolute Gasteiger partial charge is 0.379 e. The number of ether oxygens (including phenoxy) is 2.